The molecule has 0 heterocycles. The molecule has 0 aliphatic rings. The van der Waals surface area contributed by atoms with Crippen molar-refractivity contribution >= 4 is 26.0 Å². The fraction of sp³-hybridized carbons (Fsp3) is 0.308. The van der Waals surface area contributed by atoms with Gasteiger partial charge in [-0.25, -0.2) is 12.8 Å². The third-order valence-corrected chi connectivity index (χ3v) is 8.67. The number of nitrogens with zero attached hydrogens (tertiary/aromatic N) is 1. The average Bonchev–Trinajstić information content (AvgIpc) is 2.86. The van der Waals surface area contributed by atoms with Crippen LogP contribution in [-0.2, 0) is 27.8 Å². The molecular weight excluding hydrogens is 537 g/mol. The fourth-order valence-electron chi connectivity index (χ4n) is 3.80. The molecule has 0 N–H and O–H groups in total. The van der Waals surface area contributed by atoms with Gasteiger partial charge >= 0.3 is 0 Å². The molecule has 2 atom stereocenters. The number of methoxy groups -OCH3 is 3. The predicted molar refractivity (Wildman–Crippen MR) is 137 cm³/mol. The number of halogens is 2. The lowest BCUT2D eigenvalue weighted by Gasteiger charge is -2.30. The molecule has 3 rings (SSSR count). The molecule has 2 unspecified atom stereocenters. The molecule has 3 aromatic rings. The van der Waals surface area contributed by atoms with Crippen molar-refractivity contribution in [1.82, 2.24) is 4.31 Å². The van der Waals surface area contributed by atoms with Gasteiger partial charge in [0.1, 0.15) is 28.7 Å². The van der Waals surface area contributed by atoms with Crippen molar-refractivity contribution in [2.45, 2.75) is 31.4 Å². The highest BCUT2D eigenvalue weighted by molar-refractivity contribution is 9.10. The molecule has 6 nitrogen and oxygen atoms in total. The second-order valence-corrected chi connectivity index (χ2v) is 11.2. The molecule has 188 valence electrons. The molecule has 0 saturated heterocycles. The molecule has 0 radical (unpaired) electrons. The molecule has 0 aliphatic carbocycles. The molecule has 0 aromatic heterocycles. The highest BCUT2D eigenvalue weighted by Crippen LogP contribution is 2.34. The Bertz CT molecular complexity index is 1170. The summed E-state index contributed by atoms with van der Waals surface area (Å²) in [6.07, 6.45) is -0.816. The summed E-state index contributed by atoms with van der Waals surface area (Å²) in [6.45, 7) is 1.92. The van der Waals surface area contributed by atoms with E-state index in [1.165, 1.54) is 29.6 Å². The first-order chi connectivity index (χ1) is 16.7. The fourth-order valence-corrected chi connectivity index (χ4v) is 6.07. The number of benzene rings is 3. The number of hydrogen-bond donors (Lipinski definition) is 0. The quantitative estimate of drug-likeness (QED) is 0.298. The first-order valence-electron chi connectivity index (χ1n) is 10.9. The Morgan fingerprint density at radius 2 is 1.34 bits per heavy atom. The Hall–Kier alpha value is -2.46. The zero-order valence-corrected chi connectivity index (χ0v) is 22.5. The van der Waals surface area contributed by atoms with Crippen LogP contribution >= 0.6 is 15.9 Å². The Kier molecular flexibility index (Phi) is 9.29. The summed E-state index contributed by atoms with van der Waals surface area (Å²) in [5.74, 6) is 0.950. The van der Waals surface area contributed by atoms with Crippen molar-refractivity contribution in [1.29, 1.82) is 0 Å². The number of sulfonamides is 1. The third kappa shape index (κ3) is 6.61. The summed E-state index contributed by atoms with van der Waals surface area (Å²) in [5, 5.41) is -0.953. The molecule has 0 spiro atoms. The van der Waals surface area contributed by atoms with Crippen LogP contribution in [0.4, 0.5) is 4.39 Å². The Balaban J connectivity index is 1.97. The van der Waals surface area contributed by atoms with Crippen molar-refractivity contribution in [2.75, 3.05) is 21.3 Å². The van der Waals surface area contributed by atoms with E-state index in [-0.39, 0.29) is 13.1 Å². The van der Waals surface area contributed by atoms with Crippen molar-refractivity contribution in [2.24, 2.45) is 0 Å². The van der Waals surface area contributed by atoms with E-state index in [0.29, 0.717) is 21.5 Å². The smallest absolute Gasteiger partial charge is 0.220 e. The van der Waals surface area contributed by atoms with Gasteiger partial charge in [-0.1, -0.05) is 46.3 Å². The lowest BCUT2D eigenvalue weighted by molar-refractivity contribution is 0.0997. The van der Waals surface area contributed by atoms with Crippen molar-refractivity contribution < 1.29 is 27.0 Å². The van der Waals surface area contributed by atoms with Gasteiger partial charge in [0.25, 0.3) is 0 Å². The summed E-state index contributed by atoms with van der Waals surface area (Å²) in [7, 11) is 0.722. The molecule has 35 heavy (non-hydrogen) atoms. The SMILES string of the molecule is COc1ccc(CN(Cc2ccc(OC)cc2)S(=O)(=O)C(C)C(OC)c2ccc(F)cc2Br)cc1. The van der Waals surface area contributed by atoms with Gasteiger partial charge in [0, 0.05) is 24.7 Å². The van der Waals surface area contributed by atoms with E-state index in [2.05, 4.69) is 15.9 Å². The van der Waals surface area contributed by atoms with Gasteiger partial charge in [-0.3, -0.25) is 0 Å². The minimum absolute atomic E-state index is 0.156. The minimum atomic E-state index is -3.88. The summed E-state index contributed by atoms with van der Waals surface area (Å²) < 4.78 is 59.5. The van der Waals surface area contributed by atoms with Crippen molar-refractivity contribution in [3.63, 3.8) is 0 Å². The Morgan fingerprint density at radius 1 is 0.857 bits per heavy atom. The largest absolute Gasteiger partial charge is 0.497 e. The Morgan fingerprint density at radius 3 is 1.74 bits per heavy atom. The first-order valence-corrected chi connectivity index (χ1v) is 13.2. The van der Waals surface area contributed by atoms with Crippen LogP contribution in [0.3, 0.4) is 0 Å². The maximum absolute atomic E-state index is 13.9. The van der Waals surface area contributed by atoms with Gasteiger partial charge < -0.3 is 14.2 Å². The van der Waals surface area contributed by atoms with Gasteiger partial charge in [0.05, 0.1) is 14.2 Å². The van der Waals surface area contributed by atoms with Gasteiger partial charge in [-0.15, -0.1) is 0 Å². The zero-order valence-electron chi connectivity index (χ0n) is 20.1. The highest BCUT2D eigenvalue weighted by Gasteiger charge is 2.36. The molecule has 0 aliphatic heterocycles. The predicted octanol–water partition coefficient (Wildman–Crippen LogP) is 5.71. The molecule has 3 aromatic carbocycles. The van der Waals surface area contributed by atoms with E-state index >= 15 is 0 Å². The van der Waals surface area contributed by atoms with Crippen LogP contribution in [0.5, 0.6) is 11.5 Å². The van der Waals surface area contributed by atoms with Crippen LogP contribution in [-0.4, -0.2) is 39.3 Å². The average molecular weight is 566 g/mol. The summed E-state index contributed by atoms with van der Waals surface area (Å²) >= 11 is 3.34. The van der Waals surface area contributed by atoms with Crippen LogP contribution in [0.2, 0.25) is 0 Å². The van der Waals surface area contributed by atoms with Gasteiger partial charge in [-0.2, -0.15) is 4.31 Å². The highest BCUT2D eigenvalue weighted by atomic mass is 79.9. The van der Waals surface area contributed by atoms with E-state index in [9.17, 15) is 12.8 Å². The molecular formula is C26H29BrFNO5S. The summed E-state index contributed by atoms with van der Waals surface area (Å²) in [5.41, 5.74) is 2.18. The van der Waals surface area contributed by atoms with Gasteiger partial charge in [0.2, 0.25) is 10.0 Å². The van der Waals surface area contributed by atoms with E-state index < -0.39 is 27.2 Å². The standard InChI is InChI=1S/C26H29BrFNO5S/c1-18(26(34-4)24-14-9-21(28)15-25(24)27)35(30,31)29(16-19-5-10-22(32-2)11-6-19)17-20-7-12-23(33-3)13-8-20/h5-15,18,26H,16-17H2,1-4H3. The number of ether oxygens (including phenoxy) is 3. The van der Waals surface area contributed by atoms with Gasteiger partial charge in [0.15, 0.2) is 0 Å². The monoisotopic (exact) mass is 565 g/mol. The van der Waals surface area contributed by atoms with Crippen molar-refractivity contribution in [3.8, 4) is 11.5 Å². The number of rotatable bonds is 11. The van der Waals surface area contributed by atoms with E-state index in [0.717, 1.165) is 11.1 Å². The van der Waals surface area contributed by atoms with Crippen LogP contribution < -0.4 is 9.47 Å². The molecule has 0 bridgehead atoms. The van der Waals surface area contributed by atoms with E-state index in [1.807, 2.05) is 24.3 Å². The topological polar surface area (TPSA) is 65.1 Å². The van der Waals surface area contributed by atoms with Crippen LogP contribution in [0.1, 0.15) is 29.7 Å². The van der Waals surface area contributed by atoms with Crippen LogP contribution in [0.15, 0.2) is 71.2 Å². The number of hydrogen-bond acceptors (Lipinski definition) is 5. The first kappa shape index (κ1) is 27.1. The summed E-state index contributed by atoms with van der Waals surface area (Å²) in [6, 6.07) is 18.7. The third-order valence-electron chi connectivity index (χ3n) is 5.81. The van der Waals surface area contributed by atoms with E-state index in [4.69, 9.17) is 14.2 Å². The maximum atomic E-state index is 13.9. The minimum Gasteiger partial charge on any atom is -0.497 e. The molecule has 9 heteroatoms. The van der Waals surface area contributed by atoms with E-state index in [1.54, 1.807) is 45.4 Å². The van der Waals surface area contributed by atoms with Crippen LogP contribution in [0, 0.1) is 5.82 Å². The van der Waals surface area contributed by atoms with Crippen LogP contribution in [0.25, 0.3) is 0 Å². The Labute approximate surface area is 214 Å². The lowest BCUT2D eigenvalue weighted by atomic mass is 10.1. The molecule has 0 amide bonds. The molecule has 0 fully saturated rings. The maximum Gasteiger partial charge on any atom is 0.220 e. The normalized spacial score (nSPS) is 13.5. The molecule has 0 saturated carbocycles. The summed E-state index contributed by atoms with van der Waals surface area (Å²) in [4.78, 5) is 0. The second kappa shape index (κ2) is 12.0. The second-order valence-electron chi connectivity index (χ2n) is 8.04. The van der Waals surface area contributed by atoms with Gasteiger partial charge in [-0.05, 0) is 60.0 Å². The lowest BCUT2D eigenvalue weighted by Crippen LogP contribution is -2.40. The zero-order chi connectivity index (χ0) is 25.6. The van der Waals surface area contributed by atoms with Crippen molar-refractivity contribution in [3.05, 3.63) is 93.7 Å².